The van der Waals surface area contributed by atoms with Crippen LogP contribution in [0.3, 0.4) is 0 Å². The molecule has 1 N–H and O–H groups in total. The minimum absolute atomic E-state index is 0.406. The SMILES string of the molecule is CCNCC(Cc1ccc(Cl)cc1Cl)c1cccc(C)c1. The molecule has 0 aliphatic heterocycles. The fourth-order valence-electron chi connectivity index (χ4n) is 2.50. The predicted molar refractivity (Wildman–Crippen MR) is 92.6 cm³/mol. The van der Waals surface area contributed by atoms with Gasteiger partial charge in [0.25, 0.3) is 0 Å². The monoisotopic (exact) mass is 321 g/mol. The van der Waals surface area contributed by atoms with Crippen molar-refractivity contribution in [1.29, 1.82) is 0 Å². The van der Waals surface area contributed by atoms with E-state index in [0.29, 0.717) is 10.9 Å². The fourth-order valence-corrected chi connectivity index (χ4v) is 2.99. The highest BCUT2D eigenvalue weighted by molar-refractivity contribution is 6.35. The van der Waals surface area contributed by atoms with Gasteiger partial charge in [-0.1, -0.05) is 66.0 Å². The molecule has 1 atom stereocenters. The van der Waals surface area contributed by atoms with Crippen molar-refractivity contribution in [3.63, 3.8) is 0 Å². The topological polar surface area (TPSA) is 12.0 Å². The third-order valence-corrected chi connectivity index (χ3v) is 4.22. The van der Waals surface area contributed by atoms with Crippen LogP contribution in [0.25, 0.3) is 0 Å². The Labute approximate surface area is 137 Å². The quantitative estimate of drug-likeness (QED) is 0.767. The van der Waals surface area contributed by atoms with E-state index in [1.807, 2.05) is 18.2 Å². The van der Waals surface area contributed by atoms with E-state index in [-0.39, 0.29) is 0 Å². The third-order valence-electron chi connectivity index (χ3n) is 3.64. The Morgan fingerprint density at radius 3 is 2.57 bits per heavy atom. The van der Waals surface area contributed by atoms with Gasteiger partial charge in [0.05, 0.1) is 0 Å². The van der Waals surface area contributed by atoms with Gasteiger partial charge in [0.2, 0.25) is 0 Å². The normalized spacial score (nSPS) is 12.4. The molecule has 0 saturated carbocycles. The standard InChI is InChI=1S/C18H21Cl2N/c1-3-21-12-16(14-6-4-5-13(2)9-14)10-15-7-8-17(19)11-18(15)20/h4-9,11,16,21H,3,10,12H2,1-2H3. The van der Waals surface area contributed by atoms with Gasteiger partial charge in [0, 0.05) is 22.5 Å². The first-order chi connectivity index (χ1) is 10.1. The average molecular weight is 322 g/mol. The molecule has 1 unspecified atom stereocenters. The molecule has 0 heterocycles. The maximum atomic E-state index is 6.32. The molecule has 0 bridgehead atoms. The first-order valence-electron chi connectivity index (χ1n) is 7.31. The van der Waals surface area contributed by atoms with Crippen molar-refractivity contribution in [1.82, 2.24) is 5.32 Å². The number of rotatable bonds is 6. The van der Waals surface area contributed by atoms with Crippen LogP contribution in [0, 0.1) is 6.92 Å². The minimum atomic E-state index is 0.406. The van der Waals surface area contributed by atoms with Crippen LogP contribution in [-0.4, -0.2) is 13.1 Å². The zero-order chi connectivity index (χ0) is 15.2. The second kappa shape index (κ2) is 7.84. The molecule has 1 nitrogen and oxygen atoms in total. The summed E-state index contributed by atoms with van der Waals surface area (Å²) in [4.78, 5) is 0. The number of aryl methyl sites for hydroxylation is 1. The Hall–Kier alpha value is -1.02. The molecule has 112 valence electrons. The molecule has 0 spiro atoms. The van der Waals surface area contributed by atoms with Gasteiger partial charge in [-0.25, -0.2) is 0 Å². The number of halogens is 2. The van der Waals surface area contributed by atoms with E-state index < -0.39 is 0 Å². The average Bonchev–Trinajstić information content (AvgIpc) is 2.45. The van der Waals surface area contributed by atoms with Crippen molar-refractivity contribution in [2.75, 3.05) is 13.1 Å². The summed E-state index contributed by atoms with van der Waals surface area (Å²) in [6.07, 6.45) is 0.909. The lowest BCUT2D eigenvalue weighted by atomic mass is 9.91. The van der Waals surface area contributed by atoms with Crippen LogP contribution in [0.4, 0.5) is 0 Å². The third kappa shape index (κ3) is 4.74. The molecule has 0 aliphatic carbocycles. The molecule has 0 saturated heterocycles. The van der Waals surface area contributed by atoms with E-state index in [1.165, 1.54) is 11.1 Å². The molecule has 2 rings (SSSR count). The minimum Gasteiger partial charge on any atom is -0.316 e. The number of likely N-dealkylation sites (N-methyl/N-ethyl adjacent to an activating group) is 1. The van der Waals surface area contributed by atoms with E-state index in [2.05, 4.69) is 43.4 Å². The summed E-state index contributed by atoms with van der Waals surface area (Å²) in [5.74, 6) is 0.406. The second-order valence-corrected chi connectivity index (χ2v) is 6.20. The number of hydrogen-bond donors (Lipinski definition) is 1. The van der Waals surface area contributed by atoms with E-state index in [9.17, 15) is 0 Å². The van der Waals surface area contributed by atoms with E-state index in [4.69, 9.17) is 23.2 Å². The van der Waals surface area contributed by atoms with E-state index >= 15 is 0 Å². The Balaban J connectivity index is 2.23. The summed E-state index contributed by atoms with van der Waals surface area (Å²) in [5.41, 5.74) is 3.78. The van der Waals surface area contributed by atoms with Gasteiger partial charge in [-0.2, -0.15) is 0 Å². The van der Waals surface area contributed by atoms with Crippen molar-refractivity contribution >= 4 is 23.2 Å². The Morgan fingerprint density at radius 1 is 1.10 bits per heavy atom. The molecule has 2 aromatic rings. The van der Waals surface area contributed by atoms with Gasteiger partial charge in [-0.3, -0.25) is 0 Å². The second-order valence-electron chi connectivity index (χ2n) is 5.36. The van der Waals surface area contributed by atoms with Gasteiger partial charge in [0.1, 0.15) is 0 Å². The van der Waals surface area contributed by atoms with Crippen LogP contribution >= 0.6 is 23.2 Å². The van der Waals surface area contributed by atoms with Crippen LogP contribution in [0.2, 0.25) is 10.0 Å². The summed E-state index contributed by atoms with van der Waals surface area (Å²) >= 11 is 12.3. The number of nitrogens with one attached hydrogen (secondary N) is 1. The zero-order valence-electron chi connectivity index (χ0n) is 12.5. The summed E-state index contributed by atoms with van der Waals surface area (Å²) in [6.45, 7) is 6.17. The molecule has 2 aromatic carbocycles. The Morgan fingerprint density at radius 2 is 1.90 bits per heavy atom. The molecule has 0 radical (unpaired) electrons. The Kier molecular flexibility index (Phi) is 6.10. The van der Waals surface area contributed by atoms with Gasteiger partial charge >= 0.3 is 0 Å². The highest BCUT2D eigenvalue weighted by atomic mass is 35.5. The van der Waals surface area contributed by atoms with Crippen LogP contribution < -0.4 is 5.32 Å². The summed E-state index contributed by atoms with van der Waals surface area (Å²) in [6, 6.07) is 14.4. The van der Waals surface area contributed by atoms with Gasteiger partial charge in [-0.05, 0) is 43.1 Å². The lowest BCUT2D eigenvalue weighted by molar-refractivity contribution is 0.595. The van der Waals surface area contributed by atoms with Gasteiger partial charge in [0.15, 0.2) is 0 Å². The van der Waals surface area contributed by atoms with Crippen molar-refractivity contribution in [3.8, 4) is 0 Å². The molecule has 3 heteroatoms. The molecule has 0 aliphatic rings. The van der Waals surface area contributed by atoms with Gasteiger partial charge in [-0.15, -0.1) is 0 Å². The van der Waals surface area contributed by atoms with Crippen LogP contribution in [-0.2, 0) is 6.42 Å². The fraction of sp³-hybridized carbons (Fsp3) is 0.333. The van der Waals surface area contributed by atoms with Crippen molar-refractivity contribution in [2.45, 2.75) is 26.2 Å². The van der Waals surface area contributed by atoms with Gasteiger partial charge < -0.3 is 5.32 Å². The van der Waals surface area contributed by atoms with Crippen molar-refractivity contribution in [2.24, 2.45) is 0 Å². The first-order valence-corrected chi connectivity index (χ1v) is 8.07. The van der Waals surface area contributed by atoms with E-state index in [0.717, 1.165) is 30.1 Å². The summed E-state index contributed by atoms with van der Waals surface area (Å²) in [7, 11) is 0. The maximum Gasteiger partial charge on any atom is 0.0453 e. The summed E-state index contributed by atoms with van der Waals surface area (Å²) < 4.78 is 0. The first kappa shape index (κ1) is 16.4. The Bertz CT molecular complexity index is 596. The molecular formula is C18H21Cl2N. The summed E-state index contributed by atoms with van der Waals surface area (Å²) in [5, 5.41) is 4.88. The van der Waals surface area contributed by atoms with E-state index in [1.54, 1.807) is 0 Å². The largest absolute Gasteiger partial charge is 0.316 e. The lowest BCUT2D eigenvalue weighted by Crippen LogP contribution is -2.22. The lowest BCUT2D eigenvalue weighted by Gasteiger charge is -2.19. The van der Waals surface area contributed by atoms with Crippen molar-refractivity contribution < 1.29 is 0 Å². The van der Waals surface area contributed by atoms with Crippen LogP contribution in [0.5, 0.6) is 0 Å². The predicted octanol–water partition coefficient (Wildman–Crippen LogP) is 5.24. The smallest absolute Gasteiger partial charge is 0.0453 e. The highest BCUT2D eigenvalue weighted by Gasteiger charge is 2.14. The number of benzene rings is 2. The van der Waals surface area contributed by atoms with Crippen LogP contribution in [0.1, 0.15) is 29.5 Å². The molecule has 0 amide bonds. The van der Waals surface area contributed by atoms with Crippen LogP contribution in [0.15, 0.2) is 42.5 Å². The highest BCUT2D eigenvalue weighted by Crippen LogP contribution is 2.27. The maximum absolute atomic E-state index is 6.32. The molecule has 0 fully saturated rings. The molecular weight excluding hydrogens is 301 g/mol. The number of hydrogen-bond acceptors (Lipinski definition) is 1. The molecule has 0 aromatic heterocycles. The van der Waals surface area contributed by atoms with Crippen molar-refractivity contribution in [3.05, 3.63) is 69.2 Å². The molecule has 21 heavy (non-hydrogen) atoms. The zero-order valence-corrected chi connectivity index (χ0v) is 14.0.